The molecule has 4 heteroatoms. The molecule has 1 heterocycles. The van der Waals surface area contributed by atoms with Crippen LogP contribution in [0.4, 0.5) is 0 Å². The minimum atomic E-state index is 0.0810. The van der Waals surface area contributed by atoms with Crippen LogP contribution in [0.15, 0.2) is 52.3 Å². The SMILES string of the molecule is CCOc1ccc(/C=C2\Sc3ccccc3C2=O)cc1OCC. The van der Waals surface area contributed by atoms with Gasteiger partial charge in [-0.3, -0.25) is 4.79 Å². The zero-order chi connectivity index (χ0) is 16.2. The van der Waals surface area contributed by atoms with Crippen LogP contribution in [0.1, 0.15) is 29.8 Å². The van der Waals surface area contributed by atoms with Crippen molar-refractivity contribution in [3.8, 4) is 11.5 Å². The molecular formula is C19H18O3S. The maximum atomic E-state index is 12.4. The van der Waals surface area contributed by atoms with Crippen molar-refractivity contribution in [1.82, 2.24) is 0 Å². The fourth-order valence-electron chi connectivity index (χ4n) is 2.44. The third kappa shape index (κ3) is 3.27. The Labute approximate surface area is 140 Å². The van der Waals surface area contributed by atoms with Gasteiger partial charge in [0.1, 0.15) is 0 Å². The summed E-state index contributed by atoms with van der Waals surface area (Å²) in [7, 11) is 0. The number of rotatable bonds is 5. The fraction of sp³-hybridized carbons (Fsp3) is 0.211. The number of ether oxygens (including phenoxy) is 2. The molecule has 0 spiro atoms. The van der Waals surface area contributed by atoms with Crippen LogP contribution in [-0.4, -0.2) is 19.0 Å². The Hall–Kier alpha value is -2.20. The molecule has 0 saturated heterocycles. The molecule has 0 bridgehead atoms. The van der Waals surface area contributed by atoms with Crippen LogP contribution < -0.4 is 9.47 Å². The Morgan fingerprint density at radius 1 is 1.00 bits per heavy atom. The van der Waals surface area contributed by atoms with Crippen LogP contribution in [0, 0.1) is 0 Å². The van der Waals surface area contributed by atoms with Gasteiger partial charge in [0.2, 0.25) is 5.78 Å². The normalized spacial score (nSPS) is 14.9. The molecule has 118 valence electrons. The Balaban J connectivity index is 1.91. The predicted molar refractivity (Wildman–Crippen MR) is 93.4 cm³/mol. The summed E-state index contributed by atoms with van der Waals surface area (Å²) in [5, 5.41) is 0. The lowest BCUT2D eigenvalue weighted by atomic mass is 10.1. The van der Waals surface area contributed by atoms with Crippen molar-refractivity contribution in [2.45, 2.75) is 18.7 Å². The maximum absolute atomic E-state index is 12.4. The number of Topliss-reactive ketones (excluding diaryl/α,β-unsaturated/α-hetero) is 1. The zero-order valence-electron chi connectivity index (χ0n) is 13.2. The first-order chi connectivity index (χ1) is 11.2. The number of hydrogen-bond acceptors (Lipinski definition) is 4. The fourth-order valence-corrected chi connectivity index (χ4v) is 3.50. The van der Waals surface area contributed by atoms with E-state index < -0.39 is 0 Å². The molecule has 23 heavy (non-hydrogen) atoms. The van der Waals surface area contributed by atoms with E-state index in [9.17, 15) is 4.79 Å². The van der Waals surface area contributed by atoms with E-state index in [0.29, 0.717) is 19.0 Å². The third-order valence-electron chi connectivity index (χ3n) is 3.44. The zero-order valence-corrected chi connectivity index (χ0v) is 14.0. The summed E-state index contributed by atoms with van der Waals surface area (Å²) >= 11 is 1.51. The molecule has 1 aliphatic heterocycles. The topological polar surface area (TPSA) is 35.5 Å². The molecule has 0 saturated carbocycles. The number of hydrogen-bond donors (Lipinski definition) is 0. The van der Waals surface area contributed by atoms with Gasteiger partial charge < -0.3 is 9.47 Å². The molecule has 2 aromatic carbocycles. The molecule has 0 aromatic heterocycles. The summed E-state index contributed by atoms with van der Waals surface area (Å²) in [5.41, 5.74) is 1.71. The molecular weight excluding hydrogens is 308 g/mol. The van der Waals surface area contributed by atoms with Crippen molar-refractivity contribution in [2.75, 3.05) is 13.2 Å². The molecule has 0 radical (unpaired) electrons. The van der Waals surface area contributed by atoms with Gasteiger partial charge in [0, 0.05) is 10.5 Å². The monoisotopic (exact) mass is 326 g/mol. The second-order valence-electron chi connectivity index (χ2n) is 5.01. The number of fused-ring (bicyclic) bond motifs is 1. The van der Waals surface area contributed by atoms with Gasteiger partial charge in [-0.15, -0.1) is 0 Å². The van der Waals surface area contributed by atoms with E-state index in [-0.39, 0.29) is 5.78 Å². The number of benzene rings is 2. The van der Waals surface area contributed by atoms with Crippen LogP contribution in [0.25, 0.3) is 6.08 Å². The van der Waals surface area contributed by atoms with Crippen LogP contribution in [0.5, 0.6) is 11.5 Å². The molecule has 0 N–H and O–H groups in total. The maximum Gasteiger partial charge on any atom is 0.200 e. The van der Waals surface area contributed by atoms with Gasteiger partial charge in [-0.1, -0.05) is 30.0 Å². The van der Waals surface area contributed by atoms with Crippen molar-refractivity contribution in [2.24, 2.45) is 0 Å². The lowest BCUT2D eigenvalue weighted by molar-refractivity contribution is 0.104. The van der Waals surface area contributed by atoms with Crippen molar-refractivity contribution in [3.63, 3.8) is 0 Å². The minimum Gasteiger partial charge on any atom is -0.490 e. The van der Waals surface area contributed by atoms with E-state index in [0.717, 1.165) is 26.7 Å². The van der Waals surface area contributed by atoms with Gasteiger partial charge in [-0.05, 0) is 49.8 Å². The van der Waals surface area contributed by atoms with Crippen molar-refractivity contribution >= 4 is 23.6 Å². The molecule has 0 aliphatic carbocycles. The van der Waals surface area contributed by atoms with Gasteiger partial charge in [0.25, 0.3) is 0 Å². The summed E-state index contributed by atoms with van der Waals surface area (Å²) in [4.78, 5) is 14.2. The van der Waals surface area contributed by atoms with E-state index >= 15 is 0 Å². The Bertz CT molecular complexity index is 765. The van der Waals surface area contributed by atoms with Crippen molar-refractivity contribution in [1.29, 1.82) is 0 Å². The minimum absolute atomic E-state index is 0.0810. The van der Waals surface area contributed by atoms with Gasteiger partial charge in [-0.25, -0.2) is 0 Å². The molecule has 3 nitrogen and oxygen atoms in total. The predicted octanol–water partition coefficient (Wildman–Crippen LogP) is 4.81. The summed E-state index contributed by atoms with van der Waals surface area (Å²) in [6.45, 7) is 5.04. The number of allylic oxidation sites excluding steroid dienone is 1. The van der Waals surface area contributed by atoms with Gasteiger partial charge in [-0.2, -0.15) is 0 Å². The molecule has 0 fully saturated rings. The highest BCUT2D eigenvalue weighted by molar-refractivity contribution is 8.04. The number of thioether (sulfide) groups is 1. The average Bonchev–Trinajstić information content (AvgIpc) is 2.87. The molecule has 2 aromatic rings. The quantitative estimate of drug-likeness (QED) is 0.738. The molecule has 0 unspecified atom stereocenters. The highest BCUT2D eigenvalue weighted by atomic mass is 32.2. The Morgan fingerprint density at radius 3 is 2.48 bits per heavy atom. The third-order valence-corrected chi connectivity index (χ3v) is 4.54. The van der Waals surface area contributed by atoms with E-state index in [1.165, 1.54) is 11.8 Å². The smallest absolute Gasteiger partial charge is 0.200 e. The highest BCUT2D eigenvalue weighted by Crippen LogP contribution is 2.41. The van der Waals surface area contributed by atoms with E-state index in [1.54, 1.807) is 0 Å². The number of carbonyl (C=O) groups excluding carboxylic acids is 1. The standard InChI is InChI=1S/C19H18O3S/c1-3-21-15-10-9-13(11-16(15)22-4-2)12-18-19(20)14-7-5-6-8-17(14)23-18/h5-12H,3-4H2,1-2H3/b18-12-. The highest BCUT2D eigenvalue weighted by Gasteiger charge is 2.25. The first-order valence-corrected chi connectivity index (χ1v) is 8.47. The molecule has 0 atom stereocenters. The van der Waals surface area contributed by atoms with Crippen molar-refractivity contribution in [3.05, 3.63) is 58.5 Å². The van der Waals surface area contributed by atoms with Crippen LogP contribution in [-0.2, 0) is 0 Å². The van der Waals surface area contributed by atoms with Crippen LogP contribution >= 0.6 is 11.8 Å². The van der Waals surface area contributed by atoms with E-state index in [1.807, 2.05) is 62.4 Å². The summed E-state index contributed by atoms with van der Waals surface area (Å²) < 4.78 is 11.2. The summed E-state index contributed by atoms with van der Waals surface area (Å²) in [6, 6.07) is 13.4. The molecule has 3 rings (SSSR count). The molecule has 0 amide bonds. The van der Waals surface area contributed by atoms with E-state index in [2.05, 4.69) is 0 Å². The van der Waals surface area contributed by atoms with E-state index in [4.69, 9.17) is 9.47 Å². The van der Waals surface area contributed by atoms with Gasteiger partial charge >= 0.3 is 0 Å². The van der Waals surface area contributed by atoms with Crippen molar-refractivity contribution < 1.29 is 14.3 Å². The number of carbonyl (C=O) groups is 1. The van der Waals surface area contributed by atoms with Gasteiger partial charge in [0.05, 0.1) is 18.1 Å². The lowest BCUT2D eigenvalue weighted by Gasteiger charge is -2.11. The largest absolute Gasteiger partial charge is 0.490 e. The summed E-state index contributed by atoms with van der Waals surface area (Å²) in [5.74, 6) is 1.51. The summed E-state index contributed by atoms with van der Waals surface area (Å²) in [6.07, 6.45) is 1.91. The molecule has 1 aliphatic rings. The second kappa shape index (κ2) is 6.92. The lowest BCUT2D eigenvalue weighted by Crippen LogP contribution is -1.99. The first kappa shape index (κ1) is 15.7. The van der Waals surface area contributed by atoms with Crippen LogP contribution in [0.2, 0.25) is 0 Å². The van der Waals surface area contributed by atoms with Crippen LogP contribution in [0.3, 0.4) is 0 Å². The van der Waals surface area contributed by atoms with Gasteiger partial charge in [0.15, 0.2) is 11.5 Å². The average molecular weight is 326 g/mol. The Kier molecular flexibility index (Phi) is 4.72. The Morgan fingerprint density at radius 2 is 1.74 bits per heavy atom. The number of ketones is 1. The second-order valence-corrected chi connectivity index (χ2v) is 6.09. The first-order valence-electron chi connectivity index (χ1n) is 7.65.